The first kappa shape index (κ1) is 32.1. The molecule has 0 aromatic heterocycles. The maximum Gasteiger partial charge on any atom is 0.166 e. The van der Waals surface area contributed by atoms with Crippen LogP contribution < -0.4 is 18.9 Å². The standard InChI is InChI=1S/2C22H27NO3/c2*1-24-17-7-5-14-11-16-15-6-8-18(25-2)21-22(15,19(14)20(17)26-21)9-10-23(16)12-13-3-4-13/h2*5,7-8,13,15-16,21H,3-4,6,9-12H2,1-2H3/t2*15?,16?,21?,22-/m10/s1. The van der Waals surface area contributed by atoms with E-state index in [0.717, 1.165) is 72.0 Å². The topological polar surface area (TPSA) is 61.9 Å². The minimum Gasteiger partial charge on any atom is -0.497 e. The molecule has 8 atom stereocenters. The molecule has 6 unspecified atom stereocenters. The van der Waals surface area contributed by atoms with Crippen molar-refractivity contribution in [2.24, 2.45) is 23.7 Å². The predicted octanol–water partition coefficient (Wildman–Crippen LogP) is 6.57. The van der Waals surface area contributed by atoms with Crippen molar-refractivity contribution in [3.8, 4) is 23.0 Å². The maximum absolute atomic E-state index is 6.60. The zero-order chi connectivity index (χ0) is 34.9. The molecule has 52 heavy (non-hydrogen) atoms. The summed E-state index contributed by atoms with van der Waals surface area (Å²) in [5.41, 5.74) is 5.98. The molecule has 8 heteroatoms. The number of allylic oxidation sites excluding steroid dienone is 2. The molecule has 10 aliphatic rings. The second kappa shape index (κ2) is 11.6. The molecule has 2 spiro atoms. The highest BCUT2D eigenvalue weighted by Crippen LogP contribution is 2.65. The normalized spacial score (nSPS) is 36.8. The Morgan fingerprint density at radius 3 is 1.44 bits per heavy atom. The lowest BCUT2D eigenvalue weighted by Crippen LogP contribution is -2.64. The highest BCUT2D eigenvalue weighted by Gasteiger charge is 2.66. The molecule has 2 aromatic carbocycles. The van der Waals surface area contributed by atoms with Gasteiger partial charge in [-0.2, -0.15) is 0 Å². The first-order chi connectivity index (χ1) is 25.5. The van der Waals surface area contributed by atoms with Gasteiger partial charge in [-0.3, -0.25) is 9.80 Å². The van der Waals surface area contributed by atoms with Crippen LogP contribution in [0.15, 0.2) is 47.9 Å². The summed E-state index contributed by atoms with van der Waals surface area (Å²) in [4.78, 5) is 5.61. The smallest absolute Gasteiger partial charge is 0.166 e. The number of hydrogen-bond acceptors (Lipinski definition) is 8. The number of nitrogens with zero attached hydrogens (tertiary/aromatic N) is 2. The summed E-state index contributed by atoms with van der Waals surface area (Å²) in [6, 6.07) is 10.0. The maximum atomic E-state index is 6.60. The highest BCUT2D eigenvalue weighted by atomic mass is 16.6. The van der Waals surface area contributed by atoms with Gasteiger partial charge in [0.15, 0.2) is 35.2 Å². The molecule has 4 aliphatic heterocycles. The number of hydrogen-bond donors (Lipinski definition) is 0. The third-order valence-corrected chi connectivity index (χ3v) is 15.4. The Hall–Kier alpha value is -3.36. The van der Waals surface area contributed by atoms with Crippen LogP contribution in [0.25, 0.3) is 0 Å². The van der Waals surface area contributed by atoms with Crippen molar-refractivity contribution in [2.75, 3.05) is 54.6 Å². The van der Waals surface area contributed by atoms with Gasteiger partial charge in [-0.25, -0.2) is 0 Å². The zero-order valence-corrected chi connectivity index (χ0v) is 31.3. The third kappa shape index (κ3) is 4.28. The first-order valence-electron chi connectivity index (χ1n) is 20.2. The van der Waals surface area contributed by atoms with Gasteiger partial charge in [-0.15, -0.1) is 0 Å². The van der Waals surface area contributed by atoms with E-state index in [-0.39, 0.29) is 23.0 Å². The Kier molecular flexibility index (Phi) is 7.14. The molecule has 2 aromatic rings. The van der Waals surface area contributed by atoms with Gasteiger partial charge in [0.05, 0.1) is 28.4 Å². The summed E-state index contributed by atoms with van der Waals surface area (Å²) >= 11 is 0. The lowest BCUT2D eigenvalue weighted by molar-refractivity contribution is -0.0376. The van der Waals surface area contributed by atoms with Crippen molar-refractivity contribution >= 4 is 0 Å². The van der Waals surface area contributed by atoms with Gasteiger partial charge < -0.3 is 28.4 Å². The van der Waals surface area contributed by atoms with Crippen molar-refractivity contribution in [1.29, 1.82) is 0 Å². The lowest BCUT2D eigenvalue weighted by Gasteiger charge is -2.57. The van der Waals surface area contributed by atoms with E-state index in [2.05, 4.69) is 46.2 Å². The van der Waals surface area contributed by atoms with E-state index in [0.29, 0.717) is 23.9 Å². The molecule has 276 valence electrons. The number of likely N-dealkylation sites (tertiary alicyclic amines) is 2. The van der Waals surface area contributed by atoms with Gasteiger partial charge in [-0.05, 0) is 136 Å². The van der Waals surface area contributed by atoms with Crippen molar-refractivity contribution in [3.63, 3.8) is 0 Å². The van der Waals surface area contributed by atoms with Crippen LogP contribution in [0.1, 0.15) is 73.6 Å². The monoisotopic (exact) mass is 706 g/mol. The summed E-state index contributed by atoms with van der Waals surface area (Å²) in [6.07, 6.45) is 17.2. The van der Waals surface area contributed by atoms with E-state index in [1.54, 1.807) is 28.4 Å². The Balaban J connectivity index is 0.000000123. The van der Waals surface area contributed by atoms with Gasteiger partial charge in [0, 0.05) is 47.1 Å². The van der Waals surface area contributed by atoms with E-state index in [1.165, 1.54) is 87.0 Å². The highest BCUT2D eigenvalue weighted by molar-refractivity contribution is 5.63. The van der Waals surface area contributed by atoms with Gasteiger partial charge >= 0.3 is 0 Å². The van der Waals surface area contributed by atoms with Crippen LogP contribution in [0.4, 0.5) is 0 Å². The van der Waals surface area contributed by atoms with Crippen LogP contribution in [0.5, 0.6) is 23.0 Å². The largest absolute Gasteiger partial charge is 0.497 e. The van der Waals surface area contributed by atoms with E-state index in [4.69, 9.17) is 28.4 Å². The molecule has 8 nitrogen and oxygen atoms in total. The fourth-order valence-electron chi connectivity index (χ4n) is 12.8. The summed E-state index contributed by atoms with van der Waals surface area (Å²) in [6.45, 7) is 4.96. The Morgan fingerprint density at radius 2 is 1.06 bits per heavy atom. The van der Waals surface area contributed by atoms with Gasteiger partial charge in [0.25, 0.3) is 0 Å². The van der Waals surface area contributed by atoms with Crippen LogP contribution in [-0.4, -0.2) is 88.7 Å². The molecular formula is C44H54N2O6. The molecule has 0 radical (unpaired) electrons. The van der Waals surface area contributed by atoms with Crippen LogP contribution in [0, 0.1) is 23.7 Å². The summed E-state index contributed by atoms with van der Waals surface area (Å²) < 4.78 is 36.1. The Bertz CT molecular complexity index is 1730. The molecule has 4 bridgehead atoms. The van der Waals surface area contributed by atoms with Crippen LogP contribution in [0.2, 0.25) is 0 Å². The second-order valence-corrected chi connectivity index (χ2v) is 17.6. The lowest BCUT2D eigenvalue weighted by atomic mass is 9.53. The third-order valence-electron chi connectivity index (χ3n) is 15.4. The average Bonchev–Trinajstić information content (AvgIpc) is 4.11. The van der Waals surface area contributed by atoms with Crippen molar-refractivity contribution in [1.82, 2.24) is 9.80 Å². The molecule has 4 fully saturated rings. The van der Waals surface area contributed by atoms with Crippen LogP contribution in [0.3, 0.4) is 0 Å². The Labute approximate surface area is 308 Å². The minimum absolute atomic E-state index is 0.0159. The number of benzene rings is 2. The van der Waals surface area contributed by atoms with Crippen molar-refractivity contribution < 1.29 is 28.4 Å². The number of ether oxygens (including phenoxy) is 6. The number of rotatable bonds is 8. The summed E-state index contributed by atoms with van der Waals surface area (Å²) in [5, 5.41) is 0. The fourth-order valence-corrected chi connectivity index (χ4v) is 12.8. The molecule has 12 rings (SSSR count). The SMILES string of the molecule is COC1=CCC2C3Cc4ccc(OC)c5c4[C@@]2(CCN3CC2CC2)C1O5.COC1=CCC2C3Cc4ccc(OC)c5c4[C@]2(CCN3CC2CC2)C1O5. The second-order valence-electron chi connectivity index (χ2n) is 17.6. The molecule has 0 N–H and O–H groups in total. The van der Waals surface area contributed by atoms with Gasteiger partial charge in [-0.1, -0.05) is 12.1 Å². The van der Waals surface area contributed by atoms with Crippen molar-refractivity contribution in [3.05, 3.63) is 70.2 Å². The van der Waals surface area contributed by atoms with Crippen LogP contribution >= 0.6 is 0 Å². The molecule has 6 aliphatic carbocycles. The molecule has 4 heterocycles. The van der Waals surface area contributed by atoms with Gasteiger partial charge in [0.2, 0.25) is 0 Å². The van der Waals surface area contributed by atoms with Gasteiger partial charge in [0.1, 0.15) is 11.5 Å². The van der Waals surface area contributed by atoms with E-state index in [9.17, 15) is 0 Å². The molecule has 0 amide bonds. The number of piperidine rings is 2. The molecular weight excluding hydrogens is 652 g/mol. The predicted molar refractivity (Wildman–Crippen MR) is 197 cm³/mol. The van der Waals surface area contributed by atoms with Crippen molar-refractivity contribution in [2.45, 2.75) is 99.3 Å². The fraction of sp³-hybridized carbons (Fsp3) is 0.636. The first-order valence-corrected chi connectivity index (χ1v) is 20.2. The average molecular weight is 707 g/mol. The Morgan fingerprint density at radius 1 is 0.615 bits per heavy atom. The molecule has 2 saturated carbocycles. The minimum atomic E-state index is 0.0159. The van der Waals surface area contributed by atoms with E-state index >= 15 is 0 Å². The van der Waals surface area contributed by atoms with Crippen LogP contribution in [-0.2, 0) is 33.1 Å². The van der Waals surface area contributed by atoms with E-state index in [1.807, 2.05) is 0 Å². The quantitative estimate of drug-likeness (QED) is 0.306. The number of methoxy groups -OCH3 is 4. The molecule has 2 saturated heterocycles. The summed E-state index contributed by atoms with van der Waals surface area (Å²) in [5.74, 6) is 8.89. The van der Waals surface area contributed by atoms with E-state index < -0.39 is 0 Å². The zero-order valence-electron chi connectivity index (χ0n) is 31.3. The summed E-state index contributed by atoms with van der Waals surface area (Å²) in [7, 11) is 7.07.